The molecule has 0 bridgehead atoms. The SMILES string of the molecule is Cc1csc(C(=O)NC(CCC(=O)O)Cc2ccccc2)c1Br. The molecule has 0 saturated carbocycles. The van der Waals surface area contributed by atoms with Crippen molar-refractivity contribution in [3.8, 4) is 0 Å². The maximum Gasteiger partial charge on any atom is 0.303 e. The summed E-state index contributed by atoms with van der Waals surface area (Å²) < 4.78 is 0.802. The van der Waals surface area contributed by atoms with Crippen molar-refractivity contribution in [2.45, 2.75) is 32.2 Å². The third-order valence-corrected chi connectivity index (χ3v) is 5.85. The molecule has 6 heteroatoms. The number of carbonyl (C=O) groups is 2. The first kappa shape index (κ1) is 17.7. The average Bonchev–Trinajstić information content (AvgIpc) is 2.85. The van der Waals surface area contributed by atoms with Gasteiger partial charge in [0, 0.05) is 16.9 Å². The lowest BCUT2D eigenvalue weighted by Gasteiger charge is -2.18. The molecule has 2 aromatic rings. The summed E-state index contributed by atoms with van der Waals surface area (Å²) in [5, 5.41) is 13.8. The van der Waals surface area contributed by atoms with Gasteiger partial charge in [-0.2, -0.15) is 0 Å². The zero-order valence-corrected chi connectivity index (χ0v) is 15.1. The molecule has 0 fully saturated rings. The largest absolute Gasteiger partial charge is 0.481 e. The number of benzene rings is 1. The van der Waals surface area contributed by atoms with Gasteiger partial charge in [0.2, 0.25) is 0 Å². The summed E-state index contributed by atoms with van der Waals surface area (Å²) in [6, 6.07) is 9.54. The van der Waals surface area contributed by atoms with Gasteiger partial charge in [-0.1, -0.05) is 30.3 Å². The Morgan fingerprint density at radius 2 is 2.00 bits per heavy atom. The molecule has 1 aromatic carbocycles. The Morgan fingerprint density at radius 3 is 2.57 bits per heavy atom. The molecule has 0 radical (unpaired) electrons. The van der Waals surface area contributed by atoms with Gasteiger partial charge < -0.3 is 10.4 Å². The van der Waals surface area contributed by atoms with Crippen LogP contribution in [0.2, 0.25) is 0 Å². The highest BCUT2D eigenvalue weighted by molar-refractivity contribution is 9.10. The van der Waals surface area contributed by atoms with Crippen LogP contribution < -0.4 is 5.32 Å². The molecular weight excluding hydrogens is 378 g/mol. The maximum atomic E-state index is 12.4. The summed E-state index contributed by atoms with van der Waals surface area (Å²) in [6.45, 7) is 1.93. The van der Waals surface area contributed by atoms with E-state index < -0.39 is 5.97 Å². The number of halogens is 1. The lowest BCUT2D eigenvalue weighted by Crippen LogP contribution is -2.36. The summed E-state index contributed by atoms with van der Waals surface area (Å²) in [6.07, 6.45) is 1.04. The van der Waals surface area contributed by atoms with Crippen LogP contribution in [-0.2, 0) is 11.2 Å². The van der Waals surface area contributed by atoms with E-state index in [1.165, 1.54) is 11.3 Å². The van der Waals surface area contributed by atoms with Crippen LogP contribution in [0.3, 0.4) is 0 Å². The molecule has 1 unspecified atom stereocenters. The molecule has 0 saturated heterocycles. The minimum absolute atomic E-state index is 0.0302. The lowest BCUT2D eigenvalue weighted by molar-refractivity contribution is -0.137. The molecule has 122 valence electrons. The fourth-order valence-electron chi connectivity index (χ4n) is 2.26. The summed E-state index contributed by atoms with van der Waals surface area (Å²) in [7, 11) is 0. The number of thiophene rings is 1. The van der Waals surface area contributed by atoms with Gasteiger partial charge in [-0.05, 0) is 52.2 Å². The van der Waals surface area contributed by atoms with Crippen LogP contribution in [0.25, 0.3) is 0 Å². The zero-order valence-electron chi connectivity index (χ0n) is 12.7. The van der Waals surface area contributed by atoms with Crippen LogP contribution in [0.4, 0.5) is 0 Å². The molecule has 1 aromatic heterocycles. The predicted octanol–water partition coefficient (Wildman–Crippen LogP) is 4.02. The molecule has 0 aliphatic carbocycles. The molecule has 2 rings (SSSR count). The first-order chi connectivity index (χ1) is 11.0. The van der Waals surface area contributed by atoms with E-state index in [4.69, 9.17) is 5.11 Å². The van der Waals surface area contributed by atoms with Crippen molar-refractivity contribution in [1.29, 1.82) is 0 Å². The van der Waals surface area contributed by atoms with Crippen LogP contribution in [-0.4, -0.2) is 23.0 Å². The van der Waals surface area contributed by atoms with Gasteiger partial charge in [-0.3, -0.25) is 9.59 Å². The van der Waals surface area contributed by atoms with Gasteiger partial charge >= 0.3 is 5.97 Å². The molecule has 0 spiro atoms. The van der Waals surface area contributed by atoms with E-state index in [1.807, 2.05) is 42.6 Å². The van der Waals surface area contributed by atoms with Crippen molar-refractivity contribution in [3.63, 3.8) is 0 Å². The Labute approximate surface area is 147 Å². The molecular formula is C17H18BrNO3S. The van der Waals surface area contributed by atoms with Crippen molar-refractivity contribution >= 4 is 39.1 Å². The van der Waals surface area contributed by atoms with Crippen molar-refractivity contribution < 1.29 is 14.7 Å². The Kier molecular flexibility index (Phi) is 6.36. The normalized spacial score (nSPS) is 11.9. The van der Waals surface area contributed by atoms with E-state index in [-0.39, 0.29) is 18.4 Å². The highest BCUT2D eigenvalue weighted by Gasteiger charge is 2.19. The van der Waals surface area contributed by atoms with Crippen molar-refractivity contribution in [2.75, 3.05) is 0 Å². The molecule has 23 heavy (non-hydrogen) atoms. The quantitative estimate of drug-likeness (QED) is 0.743. The molecule has 2 N–H and O–H groups in total. The second kappa shape index (κ2) is 8.26. The smallest absolute Gasteiger partial charge is 0.303 e. The van der Waals surface area contributed by atoms with Crippen molar-refractivity contribution in [3.05, 3.63) is 56.2 Å². The Hall–Kier alpha value is -1.66. The number of amides is 1. The Bertz CT molecular complexity index is 684. The predicted molar refractivity (Wildman–Crippen MR) is 95.0 cm³/mol. The molecule has 1 atom stereocenters. The minimum atomic E-state index is -0.856. The fourth-order valence-corrected chi connectivity index (χ4v) is 3.82. The minimum Gasteiger partial charge on any atom is -0.481 e. The van der Waals surface area contributed by atoms with Crippen LogP contribution >= 0.6 is 27.3 Å². The second-order valence-electron chi connectivity index (χ2n) is 5.35. The van der Waals surface area contributed by atoms with Crippen LogP contribution in [0.5, 0.6) is 0 Å². The number of hydrogen-bond acceptors (Lipinski definition) is 3. The summed E-state index contributed by atoms with van der Waals surface area (Å²) in [4.78, 5) is 23.9. The van der Waals surface area contributed by atoms with E-state index in [9.17, 15) is 9.59 Å². The number of hydrogen-bond donors (Lipinski definition) is 2. The van der Waals surface area contributed by atoms with Gasteiger partial charge in [0.15, 0.2) is 0 Å². The number of rotatable bonds is 7. The fraction of sp³-hybridized carbons (Fsp3) is 0.294. The number of carboxylic acids is 1. The molecule has 1 amide bonds. The monoisotopic (exact) mass is 395 g/mol. The highest BCUT2D eigenvalue weighted by atomic mass is 79.9. The van der Waals surface area contributed by atoms with Gasteiger partial charge in [0.1, 0.15) is 4.88 Å². The molecule has 0 aliphatic heterocycles. The second-order valence-corrected chi connectivity index (χ2v) is 7.03. The number of aliphatic carboxylic acids is 1. The topological polar surface area (TPSA) is 66.4 Å². The van der Waals surface area contributed by atoms with Crippen molar-refractivity contribution in [1.82, 2.24) is 5.32 Å². The summed E-state index contributed by atoms with van der Waals surface area (Å²) >= 11 is 4.81. The van der Waals surface area contributed by atoms with Crippen LogP contribution in [0, 0.1) is 6.92 Å². The van der Waals surface area contributed by atoms with Crippen molar-refractivity contribution in [2.24, 2.45) is 0 Å². The van der Waals surface area contributed by atoms with Gasteiger partial charge in [0.05, 0.1) is 0 Å². The number of aryl methyl sites for hydroxylation is 1. The van der Waals surface area contributed by atoms with Gasteiger partial charge in [0.25, 0.3) is 5.91 Å². The van der Waals surface area contributed by atoms with E-state index >= 15 is 0 Å². The zero-order chi connectivity index (χ0) is 16.8. The number of carboxylic acid groups (broad SMARTS) is 1. The third kappa shape index (κ3) is 5.18. The van der Waals surface area contributed by atoms with E-state index in [2.05, 4.69) is 21.2 Å². The summed E-state index contributed by atoms with van der Waals surface area (Å²) in [5.74, 6) is -1.02. The van der Waals surface area contributed by atoms with Crippen LogP contribution in [0.1, 0.15) is 33.6 Å². The Morgan fingerprint density at radius 1 is 1.30 bits per heavy atom. The number of nitrogens with one attached hydrogen (secondary N) is 1. The van der Waals surface area contributed by atoms with E-state index in [0.29, 0.717) is 17.7 Å². The molecule has 4 nitrogen and oxygen atoms in total. The third-order valence-electron chi connectivity index (χ3n) is 3.47. The first-order valence-electron chi connectivity index (χ1n) is 7.27. The number of carbonyl (C=O) groups excluding carboxylic acids is 1. The molecule has 0 aliphatic rings. The van der Waals surface area contributed by atoms with E-state index in [1.54, 1.807) is 0 Å². The standard InChI is InChI=1S/C17H18BrNO3S/c1-11-10-23-16(15(11)18)17(22)19-13(7-8-14(20)21)9-12-5-3-2-4-6-12/h2-6,10,13H,7-9H2,1H3,(H,19,22)(H,20,21). The Balaban J connectivity index is 2.08. The lowest BCUT2D eigenvalue weighted by atomic mass is 10.0. The maximum absolute atomic E-state index is 12.4. The van der Waals surface area contributed by atoms with E-state index in [0.717, 1.165) is 15.6 Å². The highest BCUT2D eigenvalue weighted by Crippen LogP contribution is 2.27. The average molecular weight is 396 g/mol. The first-order valence-corrected chi connectivity index (χ1v) is 8.94. The van der Waals surface area contributed by atoms with Gasteiger partial charge in [-0.15, -0.1) is 11.3 Å². The summed E-state index contributed by atoms with van der Waals surface area (Å²) in [5.41, 5.74) is 2.09. The van der Waals surface area contributed by atoms with Crippen LogP contribution in [0.15, 0.2) is 40.2 Å². The molecule has 1 heterocycles. The van der Waals surface area contributed by atoms with Gasteiger partial charge in [-0.25, -0.2) is 0 Å².